The summed E-state index contributed by atoms with van der Waals surface area (Å²) in [5.74, 6) is -1.30. The molecule has 0 unspecified atom stereocenters. The van der Waals surface area contributed by atoms with Gasteiger partial charge in [0.25, 0.3) is 0 Å². The lowest BCUT2D eigenvalue weighted by Crippen LogP contribution is -2.38. The molecule has 8 heteroatoms. The van der Waals surface area contributed by atoms with Gasteiger partial charge in [-0.2, -0.15) is 13.2 Å². The predicted octanol–water partition coefficient (Wildman–Crippen LogP) is 4.97. The third-order valence-electron chi connectivity index (χ3n) is 3.90. The number of nitrogens with one attached hydrogen (secondary N) is 1. The topological polar surface area (TPSA) is 49.4 Å². The Morgan fingerprint density at radius 3 is 2.37 bits per heavy atom. The molecular weight excluding hydrogens is 381 g/mol. The van der Waals surface area contributed by atoms with Crippen LogP contribution in [0.25, 0.3) is 0 Å². The Labute approximate surface area is 159 Å². The molecule has 2 rings (SSSR count). The number of carbonyl (C=O) groups excluding carboxylic acids is 2. The Kier molecular flexibility index (Phi) is 6.15. The van der Waals surface area contributed by atoms with Crippen LogP contribution in [0.1, 0.15) is 23.6 Å². The van der Waals surface area contributed by atoms with Crippen LogP contribution in [0, 0.1) is 13.8 Å². The summed E-state index contributed by atoms with van der Waals surface area (Å²) in [7, 11) is 0. The minimum atomic E-state index is -4.72. The number of amides is 2. The standard InChI is InChI=1S/C19H18ClF3N2O2/c1-11-4-5-12(2)16(8-11)24-18(27)10-25(13(3)26)17-7-6-14(20)9-15(17)19(21,22)23/h4-9H,10H2,1-3H3,(H,24,27). The van der Waals surface area contributed by atoms with Gasteiger partial charge in [-0.25, -0.2) is 0 Å². The number of rotatable bonds is 4. The Bertz CT molecular complexity index is 882. The van der Waals surface area contributed by atoms with Crippen molar-refractivity contribution in [3.8, 4) is 0 Å². The fourth-order valence-corrected chi connectivity index (χ4v) is 2.71. The first-order valence-corrected chi connectivity index (χ1v) is 8.39. The molecule has 2 aromatic rings. The van der Waals surface area contributed by atoms with Crippen LogP contribution in [0.5, 0.6) is 0 Å². The lowest BCUT2D eigenvalue weighted by atomic mass is 10.1. The van der Waals surface area contributed by atoms with Crippen molar-refractivity contribution in [2.24, 2.45) is 0 Å². The third kappa shape index (κ3) is 5.23. The average Bonchev–Trinajstić information content (AvgIpc) is 2.55. The zero-order valence-corrected chi connectivity index (χ0v) is 15.7. The van der Waals surface area contributed by atoms with E-state index in [2.05, 4.69) is 5.32 Å². The molecule has 0 aromatic heterocycles. The number of nitrogens with zero attached hydrogens (tertiary/aromatic N) is 1. The zero-order chi connectivity index (χ0) is 20.4. The van der Waals surface area contributed by atoms with E-state index >= 15 is 0 Å². The molecule has 0 fully saturated rings. The predicted molar refractivity (Wildman–Crippen MR) is 99.0 cm³/mol. The number of alkyl halides is 3. The summed E-state index contributed by atoms with van der Waals surface area (Å²) in [5, 5.41) is 2.52. The number of anilines is 2. The molecule has 144 valence electrons. The van der Waals surface area contributed by atoms with Gasteiger partial charge in [0.2, 0.25) is 11.8 Å². The fourth-order valence-electron chi connectivity index (χ4n) is 2.54. The summed E-state index contributed by atoms with van der Waals surface area (Å²) < 4.78 is 40.0. The second-order valence-corrected chi connectivity index (χ2v) is 6.57. The van der Waals surface area contributed by atoms with Crippen LogP contribution in [0.15, 0.2) is 36.4 Å². The smallest absolute Gasteiger partial charge is 0.324 e. The number of carbonyl (C=O) groups is 2. The van der Waals surface area contributed by atoms with Gasteiger partial charge in [-0.3, -0.25) is 9.59 Å². The highest BCUT2D eigenvalue weighted by Gasteiger charge is 2.36. The minimum absolute atomic E-state index is 0.116. The van der Waals surface area contributed by atoms with Crippen molar-refractivity contribution >= 4 is 34.8 Å². The first-order valence-electron chi connectivity index (χ1n) is 8.01. The first-order chi connectivity index (χ1) is 12.5. The molecule has 0 aliphatic rings. The van der Waals surface area contributed by atoms with Gasteiger partial charge in [-0.1, -0.05) is 23.7 Å². The number of hydrogen-bond acceptors (Lipinski definition) is 2. The van der Waals surface area contributed by atoms with Crippen molar-refractivity contribution in [3.63, 3.8) is 0 Å². The van der Waals surface area contributed by atoms with Crippen LogP contribution in [0.4, 0.5) is 24.5 Å². The van der Waals surface area contributed by atoms with E-state index in [-0.39, 0.29) is 5.02 Å². The number of aryl methyl sites for hydroxylation is 2. The molecule has 0 bridgehead atoms. The quantitative estimate of drug-likeness (QED) is 0.790. The van der Waals surface area contributed by atoms with Crippen molar-refractivity contribution in [1.82, 2.24) is 0 Å². The largest absolute Gasteiger partial charge is 0.418 e. The van der Waals surface area contributed by atoms with E-state index in [1.807, 2.05) is 19.1 Å². The molecular formula is C19H18ClF3N2O2. The van der Waals surface area contributed by atoms with E-state index in [4.69, 9.17) is 11.6 Å². The first kappa shape index (κ1) is 20.8. The van der Waals surface area contributed by atoms with Gasteiger partial charge < -0.3 is 10.2 Å². The van der Waals surface area contributed by atoms with Crippen molar-refractivity contribution in [2.45, 2.75) is 26.9 Å². The fraction of sp³-hybridized carbons (Fsp3) is 0.263. The van der Waals surface area contributed by atoms with Crippen molar-refractivity contribution < 1.29 is 22.8 Å². The van der Waals surface area contributed by atoms with Gasteiger partial charge in [0.15, 0.2) is 0 Å². The molecule has 0 aliphatic carbocycles. The van der Waals surface area contributed by atoms with Crippen LogP contribution in [-0.4, -0.2) is 18.4 Å². The Balaban J connectivity index is 2.33. The number of benzene rings is 2. The molecule has 27 heavy (non-hydrogen) atoms. The summed E-state index contributed by atoms with van der Waals surface area (Å²) in [6, 6.07) is 8.48. The van der Waals surface area contributed by atoms with Gasteiger partial charge in [-0.15, -0.1) is 0 Å². The molecule has 1 N–H and O–H groups in total. The van der Waals surface area contributed by atoms with Crippen molar-refractivity contribution in [2.75, 3.05) is 16.8 Å². The molecule has 2 aromatic carbocycles. The lowest BCUT2D eigenvalue weighted by molar-refractivity contribution is -0.137. The maximum Gasteiger partial charge on any atom is 0.418 e. The van der Waals surface area contributed by atoms with E-state index in [1.165, 1.54) is 6.07 Å². The van der Waals surface area contributed by atoms with Crippen molar-refractivity contribution in [1.29, 1.82) is 0 Å². The highest BCUT2D eigenvalue weighted by atomic mass is 35.5. The van der Waals surface area contributed by atoms with Crippen LogP contribution in [0.3, 0.4) is 0 Å². The zero-order valence-electron chi connectivity index (χ0n) is 14.9. The Hall–Kier alpha value is -2.54. The normalized spacial score (nSPS) is 11.2. The van der Waals surface area contributed by atoms with Crippen LogP contribution in [0.2, 0.25) is 5.02 Å². The average molecular weight is 399 g/mol. The van der Waals surface area contributed by atoms with Crippen LogP contribution >= 0.6 is 11.6 Å². The van der Waals surface area contributed by atoms with Crippen LogP contribution in [-0.2, 0) is 15.8 Å². The van der Waals surface area contributed by atoms with E-state index < -0.39 is 35.8 Å². The SMILES string of the molecule is CC(=O)N(CC(=O)Nc1cc(C)ccc1C)c1ccc(Cl)cc1C(F)(F)F. The molecule has 2 amide bonds. The summed E-state index contributed by atoms with van der Waals surface area (Å²) in [6.07, 6.45) is -4.72. The van der Waals surface area contributed by atoms with Crippen LogP contribution < -0.4 is 10.2 Å². The minimum Gasteiger partial charge on any atom is -0.324 e. The highest BCUT2D eigenvalue weighted by molar-refractivity contribution is 6.30. The Morgan fingerprint density at radius 2 is 1.78 bits per heavy atom. The summed E-state index contributed by atoms with van der Waals surface area (Å²) >= 11 is 5.67. The van der Waals surface area contributed by atoms with E-state index in [1.54, 1.807) is 13.0 Å². The molecule has 0 heterocycles. The second kappa shape index (κ2) is 8.00. The van der Waals surface area contributed by atoms with Gasteiger partial charge in [0, 0.05) is 17.6 Å². The highest BCUT2D eigenvalue weighted by Crippen LogP contribution is 2.38. The summed E-state index contributed by atoms with van der Waals surface area (Å²) in [6.45, 7) is 4.17. The third-order valence-corrected chi connectivity index (χ3v) is 4.14. The van der Waals surface area contributed by atoms with E-state index in [9.17, 15) is 22.8 Å². The molecule has 0 radical (unpaired) electrons. The molecule has 0 aliphatic heterocycles. The number of halogens is 4. The maximum absolute atomic E-state index is 13.3. The molecule has 4 nitrogen and oxygen atoms in total. The van der Waals surface area contributed by atoms with Crippen molar-refractivity contribution in [3.05, 3.63) is 58.1 Å². The molecule has 0 spiro atoms. The summed E-state index contributed by atoms with van der Waals surface area (Å²) in [5.41, 5.74) is 0.748. The van der Waals surface area contributed by atoms with E-state index in [0.29, 0.717) is 5.69 Å². The number of hydrogen-bond donors (Lipinski definition) is 1. The monoisotopic (exact) mass is 398 g/mol. The van der Waals surface area contributed by atoms with Gasteiger partial charge in [0.1, 0.15) is 6.54 Å². The van der Waals surface area contributed by atoms with Gasteiger partial charge >= 0.3 is 6.18 Å². The molecule has 0 saturated carbocycles. The maximum atomic E-state index is 13.3. The summed E-state index contributed by atoms with van der Waals surface area (Å²) in [4.78, 5) is 25.1. The molecule has 0 saturated heterocycles. The van der Waals surface area contributed by atoms with E-state index in [0.717, 1.165) is 35.1 Å². The second-order valence-electron chi connectivity index (χ2n) is 6.13. The molecule has 0 atom stereocenters. The van der Waals surface area contributed by atoms with Gasteiger partial charge in [-0.05, 0) is 49.2 Å². The van der Waals surface area contributed by atoms with Gasteiger partial charge in [0.05, 0.1) is 11.3 Å². The Morgan fingerprint density at radius 1 is 1.11 bits per heavy atom. The lowest BCUT2D eigenvalue weighted by Gasteiger charge is -2.24.